The third-order valence-corrected chi connectivity index (χ3v) is 3.45. The van der Waals surface area contributed by atoms with Gasteiger partial charge in [-0.1, -0.05) is 12.1 Å². The van der Waals surface area contributed by atoms with Crippen LogP contribution in [0.5, 0.6) is 5.75 Å². The SMILES string of the molecule is COc1ccc(CNC(=O)COC(=O)c2ccc([N+](=O)[O-])cc2N)cc1. The number of anilines is 1. The number of carbonyl (C=O) groups is 2. The van der Waals surface area contributed by atoms with E-state index in [0.717, 1.165) is 17.7 Å². The van der Waals surface area contributed by atoms with Crippen LogP contribution in [0.1, 0.15) is 15.9 Å². The highest BCUT2D eigenvalue weighted by Crippen LogP contribution is 2.20. The van der Waals surface area contributed by atoms with Gasteiger partial charge in [-0.2, -0.15) is 0 Å². The zero-order valence-electron chi connectivity index (χ0n) is 13.9. The summed E-state index contributed by atoms with van der Waals surface area (Å²) in [7, 11) is 1.56. The average Bonchev–Trinajstić information content (AvgIpc) is 2.64. The highest BCUT2D eigenvalue weighted by Gasteiger charge is 2.16. The Kier molecular flexibility index (Phi) is 6.10. The molecular weight excluding hydrogens is 342 g/mol. The summed E-state index contributed by atoms with van der Waals surface area (Å²) in [6.45, 7) is -0.231. The molecule has 0 aliphatic rings. The second kappa shape index (κ2) is 8.47. The van der Waals surface area contributed by atoms with Crippen molar-refractivity contribution in [3.05, 3.63) is 63.7 Å². The quantitative estimate of drug-likeness (QED) is 0.332. The summed E-state index contributed by atoms with van der Waals surface area (Å²) in [5, 5.41) is 13.3. The van der Waals surface area contributed by atoms with Crippen LogP contribution in [0, 0.1) is 10.1 Å². The largest absolute Gasteiger partial charge is 0.497 e. The molecule has 0 spiro atoms. The van der Waals surface area contributed by atoms with Crippen LogP contribution in [-0.2, 0) is 16.1 Å². The summed E-state index contributed by atoms with van der Waals surface area (Å²) in [4.78, 5) is 33.7. The molecule has 0 fully saturated rings. The number of ether oxygens (including phenoxy) is 2. The zero-order valence-corrected chi connectivity index (χ0v) is 13.9. The molecule has 1 amide bonds. The van der Waals surface area contributed by atoms with Gasteiger partial charge < -0.3 is 20.5 Å². The minimum absolute atomic E-state index is 0.0430. The van der Waals surface area contributed by atoms with Gasteiger partial charge in [-0.25, -0.2) is 4.79 Å². The summed E-state index contributed by atoms with van der Waals surface area (Å²) in [6.07, 6.45) is 0. The van der Waals surface area contributed by atoms with Crippen molar-refractivity contribution in [1.82, 2.24) is 5.32 Å². The van der Waals surface area contributed by atoms with E-state index in [1.165, 1.54) is 6.07 Å². The predicted molar refractivity (Wildman–Crippen MR) is 92.6 cm³/mol. The third kappa shape index (κ3) is 4.94. The number of hydrogen-bond acceptors (Lipinski definition) is 7. The van der Waals surface area contributed by atoms with Crippen LogP contribution < -0.4 is 15.8 Å². The van der Waals surface area contributed by atoms with E-state index in [1.54, 1.807) is 31.4 Å². The lowest BCUT2D eigenvalue weighted by molar-refractivity contribution is -0.384. The Labute approximate surface area is 148 Å². The van der Waals surface area contributed by atoms with Gasteiger partial charge in [0.2, 0.25) is 0 Å². The molecule has 9 heteroatoms. The molecular formula is C17H17N3O6. The lowest BCUT2D eigenvalue weighted by Gasteiger charge is -2.08. The van der Waals surface area contributed by atoms with Gasteiger partial charge in [0.25, 0.3) is 11.6 Å². The fourth-order valence-corrected chi connectivity index (χ4v) is 2.05. The van der Waals surface area contributed by atoms with Gasteiger partial charge in [-0.05, 0) is 23.8 Å². The molecule has 0 unspecified atom stereocenters. The van der Waals surface area contributed by atoms with E-state index in [0.29, 0.717) is 5.75 Å². The van der Waals surface area contributed by atoms with Gasteiger partial charge in [0.15, 0.2) is 6.61 Å². The number of nitrogens with two attached hydrogens (primary N) is 1. The second-order valence-electron chi connectivity index (χ2n) is 5.23. The van der Waals surface area contributed by atoms with E-state index < -0.39 is 23.4 Å². The second-order valence-corrected chi connectivity index (χ2v) is 5.23. The molecule has 0 aromatic heterocycles. The smallest absolute Gasteiger partial charge is 0.340 e. The molecule has 0 aliphatic carbocycles. The first-order chi connectivity index (χ1) is 12.4. The molecule has 0 radical (unpaired) electrons. The Morgan fingerprint density at radius 3 is 2.46 bits per heavy atom. The van der Waals surface area contributed by atoms with Crippen molar-refractivity contribution in [3.8, 4) is 5.75 Å². The number of hydrogen-bond donors (Lipinski definition) is 2. The molecule has 2 rings (SSSR count). The van der Waals surface area contributed by atoms with Crippen LogP contribution in [0.3, 0.4) is 0 Å². The van der Waals surface area contributed by atoms with Gasteiger partial charge >= 0.3 is 5.97 Å². The van der Waals surface area contributed by atoms with Crippen LogP contribution >= 0.6 is 0 Å². The first kappa shape index (κ1) is 18.7. The van der Waals surface area contributed by atoms with Crippen LogP contribution in [-0.4, -0.2) is 30.5 Å². The number of nitrogens with zero attached hydrogens (tertiary/aromatic N) is 1. The highest BCUT2D eigenvalue weighted by atomic mass is 16.6. The van der Waals surface area contributed by atoms with Gasteiger partial charge in [-0.15, -0.1) is 0 Å². The minimum atomic E-state index is -0.836. The Morgan fingerprint density at radius 1 is 1.19 bits per heavy atom. The van der Waals surface area contributed by atoms with E-state index in [4.69, 9.17) is 15.2 Å². The fraction of sp³-hybridized carbons (Fsp3) is 0.176. The van der Waals surface area contributed by atoms with E-state index in [1.807, 2.05) is 0 Å². The van der Waals surface area contributed by atoms with E-state index in [-0.39, 0.29) is 23.5 Å². The van der Waals surface area contributed by atoms with Crippen LogP contribution in [0.25, 0.3) is 0 Å². The molecule has 0 saturated carbocycles. The molecule has 3 N–H and O–H groups in total. The van der Waals surface area contributed by atoms with Gasteiger partial charge in [-0.3, -0.25) is 14.9 Å². The predicted octanol–water partition coefficient (Wildman–Crippen LogP) is 1.66. The number of non-ortho nitro benzene ring substituents is 1. The number of rotatable bonds is 7. The average molecular weight is 359 g/mol. The molecule has 26 heavy (non-hydrogen) atoms. The Hall–Kier alpha value is -3.62. The number of nitrogens with one attached hydrogen (secondary N) is 1. The molecule has 0 saturated heterocycles. The molecule has 0 heterocycles. The maximum Gasteiger partial charge on any atom is 0.340 e. The number of benzene rings is 2. The maximum absolute atomic E-state index is 11.9. The van der Waals surface area contributed by atoms with Crippen LogP contribution in [0.15, 0.2) is 42.5 Å². The lowest BCUT2D eigenvalue weighted by Crippen LogP contribution is -2.28. The fourth-order valence-electron chi connectivity index (χ4n) is 2.05. The highest BCUT2D eigenvalue weighted by molar-refractivity contribution is 5.96. The van der Waals surface area contributed by atoms with Crippen molar-refractivity contribution in [1.29, 1.82) is 0 Å². The molecule has 9 nitrogen and oxygen atoms in total. The van der Waals surface area contributed by atoms with Crippen LogP contribution in [0.2, 0.25) is 0 Å². The topological polar surface area (TPSA) is 134 Å². The van der Waals surface area contributed by atoms with Crippen molar-refractivity contribution < 1.29 is 24.0 Å². The Morgan fingerprint density at radius 2 is 1.88 bits per heavy atom. The summed E-state index contributed by atoms with van der Waals surface area (Å²) in [6, 6.07) is 10.5. The number of nitro groups is 1. The minimum Gasteiger partial charge on any atom is -0.497 e. The zero-order chi connectivity index (χ0) is 19.1. The van der Waals surface area contributed by atoms with E-state index >= 15 is 0 Å². The molecule has 2 aromatic rings. The van der Waals surface area contributed by atoms with Crippen molar-refractivity contribution in [2.75, 3.05) is 19.5 Å². The number of methoxy groups -OCH3 is 1. The normalized spacial score (nSPS) is 10.0. The Balaban J connectivity index is 1.84. The monoisotopic (exact) mass is 359 g/mol. The number of nitro benzene ring substituents is 1. The number of nitrogen functional groups attached to an aromatic ring is 1. The molecule has 0 atom stereocenters. The number of carbonyl (C=O) groups excluding carboxylic acids is 2. The summed E-state index contributed by atoms with van der Waals surface area (Å²) >= 11 is 0. The lowest BCUT2D eigenvalue weighted by atomic mass is 10.1. The van der Waals surface area contributed by atoms with Gasteiger partial charge in [0.05, 0.1) is 23.3 Å². The standard InChI is InChI=1S/C17H17N3O6/c1-25-13-5-2-11(3-6-13)9-19-16(21)10-26-17(22)14-7-4-12(20(23)24)8-15(14)18/h2-8H,9-10,18H2,1H3,(H,19,21). The van der Waals surface area contributed by atoms with Crippen molar-refractivity contribution >= 4 is 23.3 Å². The third-order valence-electron chi connectivity index (χ3n) is 3.45. The van der Waals surface area contributed by atoms with Crippen LogP contribution in [0.4, 0.5) is 11.4 Å². The molecule has 0 bridgehead atoms. The first-order valence-electron chi connectivity index (χ1n) is 7.51. The van der Waals surface area contributed by atoms with E-state index in [9.17, 15) is 19.7 Å². The summed E-state index contributed by atoms with van der Waals surface area (Å²) < 4.78 is 9.91. The number of amides is 1. The maximum atomic E-state index is 11.9. The molecule has 0 aliphatic heterocycles. The first-order valence-corrected chi connectivity index (χ1v) is 7.51. The summed E-state index contributed by atoms with van der Waals surface area (Å²) in [5.41, 5.74) is 6.08. The summed E-state index contributed by atoms with van der Waals surface area (Å²) in [5.74, 6) is -0.624. The van der Waals surface area contributed by atoms with Gasteiger partial charge in [0.1, 0.15) is 5.75 Å². The molecule has 136 valence electrons. The van der Waals surface area contributed by atoms with E-state index in [2.05, 4.69) is 5.32 Å². The molecule has 2 aromatic carbocycles. The van der Waals surface area contributed by atoms with Crippen molar-refractivity contribution in [2.45, 2.75) is 6.54 Å². The van der Waals surface area contributed by atoms with Crippen molar-refractivity contribution in [2.24, 2.45) is 0 Å². The van der Waals surface area contributed by atoms with Crippen molar-refractivity contribution in [3.63, 3.8) is 0 Å². The Bertz CT molecular complexity index is 820. The number of esters is 1. The van der Waals surface area contributed by atoms with Gasteiger partial charge in [0, 0.05) is 18.7 Å².